The van der Waals surface area contributed by atoms with Crippen LogP contribution in [0.5, 0.6) is 0 Å². The summed E-state index contributed by atoms with van der Waals surface area (Å²) in [4.78, 5) is 14.0. The minimum Gasteiger partial charge on any atom is -0.316 e. The van der Waals surface area contributed by atoms with Crippen molar-refractivity contribution in [1.29, 1.82) is 5.26 Å². The molecule has 0 saturated carbocycles. The summed E-state index contributed by atoms with van der Waals surface area (Å²) in [6.45, 7) is 5.40. The predicted molar refractivity (Wildman–Crippen MR) is 87.1 cm³/mol. The molecule has 0 atom stereocenters. The minimum absolute atomic E-state index is 0.592. The number of anilines is 2. The largest absolute Gasteiger partial charge is 0.316 e. The number of hydrogen-bond donors (Lipinski definition) is 1. The van der Waals surface area contributed by atoms with E-state index in [0.29, 0.717) is 10.0 Å². The lowest BCUT2D eigenvalue weighted by molar-refractivity contribution is 0.148. The Morgan fingerprint density at radius 2 is 2.05 bits per heavy atom. The van der Waals surface area contributed by atoms with Gasteiger partial charge < -0.3 is 10.2 Å². The first-order valence-corrected chi connectivity index (χ1v) is 8.03. The number of nitrogens with one attached hydrogen (secondary N) is 1. The summed E-state index contributed by atoms with van der Waals surface area (Å²) < 4.78 is 0. The molecule has 1 saturated heterocycles. The Morgan fingerprint density at radius 3 is 2.68 bits per heavy atom. The quantitative estimate of drug-likeness (QED) is 0.929. The Hall–Kier alpha value is -2.01. The molecular formula is C15H18N6S. The van der Waals surface area contributed by atoms with Gasteiger partial charge in [0.1, 0.15) is 16.8 Å². The first-order chi connectivity index (χ1) is 10.7. The average Bonchev–Trinajstić information content (AvgIpc) is 2.99. The average molecular weight is 314 g/mol. The molecule has 1 N–H and O–H groups in total. The highest BCUT2D eigenvalue weighted by Gasteiger charge is 2.13. The summed E-state index contributed by atoms with van der Waals surface area (Å²) in [5, 5.41) is 12.6. The molecule has 3 heterocycles. The molecule has 0 aromatic carbocycles. The summed E-state index contributed by atoms with van der Waals surface area (Å²) in [5.41, 5.74) is 1.21. The van der Waals surface area contributed by atoms with Gasteiger partial charge in [0.2, 0.25) is 0 Å². The van der Waals surface area contributed by atoms with E-state index in [1.165, 1.54) is 16.9 Å². The molecule has 2 aromatic heterocycles. The van der Waals surface area contributed by atoms with Crippen LogP contribution in [-0.2, 0) is 6.54 Å². The van der Waals surface area contributed by atoms with Gasteiger partial charge in [-0.1, -0.05) is 17.4 Å². The highest BCUT2D eigenvalue weighted by atomic mass is 32.1. The highest BCUT2D eigenvalue weighted by Crippen LogP contribution is 2.21. The SMILES string of the molecule is CN1CCN(Cc2ccc(Nc3ncc(C#N)s3)nc2)CC1. The van der Waals surface area contributed by atoms with Crippen molar-refractivity contribution in [1.82, 2.24) is 19.8 Å². The van der Waals surface area contributed by atoms with Gasteiger partial charge in [-0.25, -0.2) is 9.97 Å². The maximum Gasteiger partial charge on any atom is 0.189 e. The molecule has 0 aliphatic carbocycles. The number of thiazole rings is 1. The Kier molecular flexibility index (Phi) is 4.63. The smallest absolute Gasteiger partial charge is 0.189 e. The fourth-order valence-corrected chi connectivity index (χ4v) is 2.97. The van der Waals surface area contributed by atoms with Crippen molar-refractivity contribution in [3.8, 4) is 6.07 Å². The van der Waals surface area contributed by atoms with Crippen LogP contribution in [0.2, 0.25) is 0 Å². The Bertz CT molecular complexity index is 651. The van der Waals surface area contributed by atoms with E-state index in [0.717, 1.165) is 38.5 Å². The van der Waals surface area contributed by atoms with E-state index in [1.54, 1.807) is 6.20 Å². The molecule has 2 aromatic rings. The van der Waals surface area contributed by atoms with Crippen molar-refractivity contribution in [3.63, 3.8) is 0 Å². The van der Waals surface area contributed by atoms with Gasteiger partial charge in [-0.3, -0.25) is 4.90 Å². The molecule has 0 bridgehead atoms. The third-order valence-electron chi connectivity index (χ3n) is 3.68. The van der Waals surface area contributed by atoms with E-state index >= 15 is 0 Å². The first-order valence-electron chi connectivity index (χ1n) is 7.22. The number of rotatable bonds is 4. The van der Waals surface area contributed by atoms with Gasteiger partial charge in [-0.05, 0) is 18.7 Å². The number of piperazine rings is 1. The zero-order valence-corrected chi connectivity index (χ0v) is 13.3. The van der Waals surface area contributed by atoms with Gasteiger partial charge in [-0.2, -0.15) is 5.26 Å². The summed E-state index contributed by atoms with van der Waals surface area (Å²) in [5.74, 6) is 0.751. The predicted octanol–water partition coefficient (Wildman–Crippen LogP) is 1.90. The van der Waals surface area contributed by atoms with Gasteiger partial charge in [0.05, 0.1) is 6.20 Å². The monoisotopic (exact) mass is 314 g/mol. The minimum atomic E-state index is 0.592. The maximum atomic E-state index is 8.79. The van der Waals surface area contributed by atoms with Crippen molar-refractivity contribution in [3.05, 3.63) is 35.0 Å². The van der Waals surface area contributed by atoms with E-state index in [9.17, 15) is 0 Å². The maximum absolute atomic E-state index is 8.79. The van der Waals surface area contributed by atoms with Gasteiger partial charge in [0.25, 0.3) is 0 Å². The van der Waals surface area contributed by atoms with E-state index < -0.39 is 0 Å². The number of pyridine rings is 1. The molecule has 3 rings (SSSR count). The van der Waals surface area contributed by atoms with Crippen LogP contribution in [0.4, 0.5) is 10.9 Å². The van der Waals surface area contributed by atoms with Crippen LogP contribution in [0, 0.1) is 11.3 Å². The summed E-state index contributed by atoms with van der Waals surface area (Å²) in [6, 6.07) is 6.12. The lowest BCUT2D eigenvalue weighted by Gasteiger charge is -2.32. The topological polar surface area (TPSA) is 68.1 Å². The first kappa shape index (κ1) is 14.9. The van der Waals surface area contributed by atoms with E-state index in [4.69, 9.17) is 5.26 Å². The lowest BCUT2D eigenvalue weighted by atomic mass is 10.2. The highest BCUT2D eigenvalue weighted by molar-refractivity contribution is 7.16. The zero-order valence-electron chi connectivity index (χ0n) is 12.5. The number of likely N-dealkylation sites (N-methyl/N-ethyl adjacent to an activating group) is 1. The van der Waals surface area contributed by atoms with Gasteiger partial charge in [-0.15, -0.1) is 0 Å². The fourth-order valence-electron chi connectivity index (χ4n) is 2.35. The number of aromatic nitrogens is 2. The molecule has 7 heteroatoms. The van der Waals surface area contributed by atoms with Crippen LogP contribution in [0.1, 0.15) is 10.4 Å². The van der Waals surface area contributed by atoms with Gasteiger partial charge >= 0.3 is 0 Å². The molecule has 114 valence electrons. The van der Waals surface area contributed by atoms with Crippen LogP contribution in [-0.4, -0.2) is 53.0 Å². The number of nitrogens with zero attached hydrogens (tertiary/aromatic N) is 5. The zero-order chi connectivity index (χ0) is 15.4. The Labute approximate surface area is 134 Å². The second-order valence-corrected chi connectivity index (χ2v) is 6.43. The second-order valence-electron chi connectivity index (χ2n) is 5.40. The van der Waals surface area contributed by atoms with Crippen molar-refractivity contribution in [2.75, 3.05) is 38.5 Å². The van der Waals surface area contributed by atoms with Crippen LogP contribution in [0.15, 0.2) is 24.5 Å². The molecule has 6 nitrogen and oxygen atoms in total. The molecule has 0 spiro atoms. The molecule has 0 amide bonds. The molecular weight excluding hydrogens is 296 g/mol. The third kappa shape index (κ3) is 3.80. The van der Waals surface area contributed by atoms with Crippen LogP contribution in [0.3, 0.4) is 0 Å². The van der Waals surface area contributed by atoms with Gasteiger partial charge in [0, 0.05) is 38.9 Å². The summed E-state index contributed by atoms with van der Waals surface area (Å²) >= 11 is 1.32. The van der Waals surface area contributed by atoms with Crippen LogP contribution >= 0.6 is 11.3 Å². The van der Waals surface area contributed by atoms with Crippen molar-refractivity contribution < 1.29 is 0 Å². The van der Waals surface area contributed by atoms with Crippen molar-refractivity contribution >= 4 is 22.3 Å². The second kappa shape index (κ2) is 6.83. The van der Waals surface area contributed by atoms with E-state index in [-0.39, 0.29) is 0 Å². The third-order valence-corrected chi connectivity index (χ3v) is 4.50. The van der Waals surface area contributed by atoms with Crippen LogP contribution < -0.4 is 5.32 Å². The van der Waals surface area contributed by atoms with Crippen molar-refractivity contribution in [2.24, 2.45) is 0 Å². The van der Waals surface area contributed by atoms with Gasteiger partial charge in [0.15, 0.2) is 5.13 Å². The standard InChI is InChI=1S/C15H18N6S/c1-20-4-6-21(7-5-20)11-12-2-3-14(17-9-12)19-15-18-10-13(8-16)22-15/h2-3,9-10H,4-7,11H2,1H3,(H,17,18,19). The fraction of sp³-hybridized carbons (Fsp3) is 0.400. The van der Waals surface area contributed by atoms with Crippen LogP contribution in [0.25, 0.3) is 0 Å². The van der Waals surface area contributed by atoms with E-state index in [2.05, 4.69) is 44.3 Å². The Balaban J connectivity index is 1.57. The number of nitriles is 1. The molecule has 0 unspecified atom stereocenters. The number of hydrogen-bond acceptors (Lipinski definition) is 7. The Morgan fingerprint density at radius 1 is 1.23 bits per heavy atom. The summed E-state index contributed by atoms with van der Waals surface area (Å²) in [7, 11) is 2.16. The molecule has 1 aliphatic heterocycles. The van der Waals surface area contributed by atoms with E-state index in [1.807, 2.05) is 12.3 Å². The molecule has 1 fully saturated rings. The molecule has 22 heavy (non-hydrogen) atoms. The summed E-state index contributed by atoms with van der Waals surface area (Å²) in [6.07, 6.45) is 3.47. The normalized spacial score (nSPS) is 16.4. The van der Waals surface area contributed by atoms with Crippen molar-refractivity contribution in [2.45, 2.75) is 6.54 Å². The lowest BCUT2D eigenvalue weighted by Crippen LogP contribution is -2.43. The molecule has 0 radical (unpaired) electrons. The molecule has 1 aliphatic rings.